The average molecular weight is 404 g/mol. The average Bonchev–Trinajstić information content (AvgIpc) is 2.69. The van der Waals surface area contributed by atoms with E-state index in [0.29, 0.717) is 18.7 Å². The molecule has 2 aromatic carbocycles. The van der Waals surface area contributed by atoms with Crippen molar-refractivity contribution in [3.05, 3.63) is 64.9 Å². The molecule has 6 nitrogen and oxygen atoms in total. The number of piperazine rings is 1. The minimum atomic E-state index is -0.773. The van der Waals surface area contributed by atoms with Crippen LogP contribution in [0.4, 0.5) is 10.1 Å². The van der Waals surface area contributed by atoms with E-state index < -0.39 is 17.6 Å². The first kappa shape index (κ1) is 19.8. The lowest BCUT2D eigenvalue weighted by atomic mass is 10.1. The van der Waals surface area contributed by atoms with Crippen LogP contribution in [0.3, 0.4) is 0 Å². The zero-order valence-electron chi connectivity index (χ0n) is 15.0. The molecular formula is C20H19ClFN3O3. The summed E-state index contributed by atoms with van der Waals surface area (Å²) in [7, 11) is 0. The molecule has 2 aromatic rings. The fraction of sp³-hybridized carbons (Fsp3) is 0.250. The first-order valence-corrected chi connectivity index (χ1v) is 9.20. The lowest BCUT2D eigenvalue weighted by Crippen LogP contribution is -2.56. The summed E-state index contributed by atoms with van der Waals surface area (Å²) < 4.78 is 13.3. The first-order chi connectivity index (χ1) is 13.5. The molecule has 0 unspecified atom stereocenters. The molecule has 3 amide bonds. The van der Waals surface area contributed by atoms with E-state index in [2.05, 4.69) is 5.32 Å². The van der Waals surface area contributed by atoms with E-state index in [4.69, 9.17) is 11.6 Å². The smallest absolute Gasteiger partial charge is 0.316 e. The van der Waals surface area contributed by atoms with Crippen LogP contribution in [-0.4, -0.2) is 48.8 Å². The van der Waals surface area contributed by atoms with E-state index in [9.17, 15) is 18.8 Å². The largest absolute Gasteiger partial charge is 0.354 e. The van der Waals surface area contributed by atoms with E-state index in [-0.39, 0.29) is 30.6 Å². The van der Waals surface area contributed by atoms with Gasteiger partial charge in [0.1, 0.15) is 12.4 Å². The van der Waals surface area contributed by atoms with Gasteiger partial charge in [-0.25, -0.2) is 4.39 Å². The molecule has 1 aliphatic heterocycles. The van der Waals surface area contributed by atoms with Crippen molar-refractivity contribution in [2.75, 3.05) is 31.1 Å². The molecule has 146 valence electrons. The van der Waals surface area contributed by atoms with Crippen LogP contribution >= 0.6 is 11.6 Å². The lowest BCUT2D eigenvalue weighted by Gasteiger charge is -2.33. The third-order valence-corrected chi connectivity index (χ3v) is 4.73. The summed E-state index contributed by atoms with van der Waals surface area (Å²) in [5.41, 5.74) is 1.44. The van der Waals surface area contributed by atoms with Gasteiger partial charge in [-0.15, -0.1) is 0 Å². The molecule has 0 bridgehead atoms. The molecule has 8 heteroatoms. The van der Waals surface area contributed by atoms with Gasteiger partial charge in [0.15, 0.2) is 0 Å². The van der Waals surface area contributed by atoms with Gasteiger partial charge in [-0.3, -0.25) is 14.4 Å². The number of hydrogen-bond acceptors (Lipinski definition) is 3. The minimum absolute atomic E-state index is 0.127. The van der Waals surface area contributed by atoms with Crippen molar-refractivity contribution in [1.82, 2.24) is 10.2 Å². The van der Waals surface area contributed by atoms with Crippen molar-refractivity contribution in [2.45, 2.75) is 6.42 Å². The zero-order valence-corrected chi connectivity index (χ0v) is 15.8. The molecule has 1 heterocycles. The Morgan fingerprint density at radius 1 is 1.07 bits per heavy atom. The number of nitrogens with zero attached hydrogens (tertiary/aromatic N) is 2. The molecule has 3 rings (SSSR count). The van der Waals surface area contributed by atoms with E-state index in [0.717, 1.165) is 11.6 Å². The Balaban J connectivity index is 1.52. The van der Waals surface area contributed by atoms with Gasteiger partial charge >= 0.3 is 11.8 Å². The second-order valence-corrected chi connectivity index (χ2v) is 6.77. The Kier molecular flexibility index (Phi) is 6.26. The fourth-order valence-electron chi connectivity index (χ4n) is 2.94. The number of carbonyl (C=O) groups excluding carboxylic acids is 3. The second kappa shape index (κ2) is 8.84. The first-order valence-electron chi connectivity index (χ1n) is 8.82. The summed E-state index contributed by atoms with van der Waals surface area (Å²) in [4.78, 5) is 39.3. The highest BCUT2D eigenvalue weighted by Gasteiger charge is 2.34. The Labute approximate surface area is 166 Å². The van der Waals surface area contributed by atoms with E-state index >= 15 is 0 Å². The summed E-state index contributed by atoms with van der Waals surface area (Å²) >= 11 is 5.75. The lowest BCUT2D eigenvalue weighted by molar-refractivity contribution is -0.147. The monoisotopic (exact) mass is 403 g/mol. The van der Waals surface area contributed by atoms with Gasteiger partial charge < -0.3 is 15.1 Å². The quantitative estimate of drug-likeness (QED) is 0.750. The van der Waals surface area contributed by atoms with Gasteiger partial charge in [0.25, 0.3) is 0 Å². The van der Waals surface area contributed by atoms with Crippen LogP contribution < -0.4 is 10.2 Å². The third kappa shape index (κ3) is 4.67. The topological polar surface area (TPSA) is 69.7 Å². The van der Waals surface area contributed by atoms with Crippen LogP contribution in [0.2, 0.25) is 5.02 Å². The Hall–Kier alpha value is -2.93. The SMILES string of the molecule is O=C(CN1CCN(c2ccc(F)c(Cl)c2)C(=O)C1=O)NCCc1ccccc1. The maximum absolute atomic E-state index is 13.3. The van der Waals surface area contributed by atoms with Crippen molar-refractivity contribution in [2.24, 2.45) is 0 Å². The summed E-state index contributed by atoms with van der Waals surface area (Å²) in [6.45, 7) is 0.659. The number of halogens is 2. The summed E-state index contributed by atoms with van der Waals surface area (Å²) in [5, 5.41) is 2.63. The molecule has 1 N–H and O–H groups in total. The van der Waals surface area contributed by atoms with E-state index in [1.165, 1.54) is 21.9 Å². The minimum Gasteiger partial charge on any atom is -0.354 e. The highest BCUT2D eigenvalue weighted by molar-refractivity contribution is 6.41. The summed E-state index contributed by atoms with van der Waals surface area (Å²) in [6, 6.07) is 13.5. The van der Waals surface area contributed by atoms with Gasteiger partial charge in [0.05, 0.1) is 5.02 Å². The highest BCUT2D eigenvalue weighted by atomic mass is 35.5. The van der Waals surface area contributed by atoms with E-state index in [1.54, 1.807) is 0 Å². The van der Waals surface area contributed by atoms with Crippen molar-refractivity contribution < 1.29 is 18.8 Å². The maximum Gasteiger partial charge on any atom is 0.316 e. The number of rotatable bonds is 6. The molecule has 0 saturated carbocycles. The third-order valence-electron chi connectivity index (χ3n) is 4.44. The molecular weight excluding hydrogens is 385 g/mol. The Morgan fingerprint density at radius 2 is 1.82 bits per heavy atom. The number of anilines is 1. The van der Waals surface area contributed by atoms with Crippen LogP contribution in [0.25, 0.3) is 0 Å². The number of carbonyl (C=O) groups is 3. The van der Waals surface area contributed by atoms with Crippen molar-refractivity contribution in [3.8, 4) is 0 Å². The van der Waals surface area contributed by atoms with Gasteiger partial charge in [-0.1, -0.05) is 41.9 Å². The Bertz CT molecular complexity index is 892. The van der Waals surface area contributed by atoms with Gasteiger partial charge in [-0.05, 0) is 30.2 Å². The molecule has 1 aliphatic rings. The van der Waals surface area contributed by atoms with E-state index in [1.807, 2.05) is 30.3 Å². The van der Waals surface area contributed by atoms with Crippen LogP contribution in [0.15, 0.2) is 48.5 Å². The molecule has 0 aromatic heterocycles. The molecule has 1 fully saturated rings. The molecule has 28 heavy (non-hydrogen) atoms. The number of amides is 3. The van der Waals surface area contributed by atoms with Crippen LogP contribution in [0, 0.1) is 5.82 Å². The molecule has 0 radical (unpaired) electrons. The summed E-state index contributed by atoms with van der Waals surface area (Å²) in [6.07, 6.45) is 0.679. The predicted molar refractivity (Wildman–Crippen MR) is 103 cm³/mol. The van der Waals surface area contributed by atoms with Gasteiger partial charge in [-0.2, -0.15) is 0 Å². The van der Waals surface area contributed by atoms with Crippen molar-refractivity contribution >= 4 is 35.0 Å². The Morgan fingerprint density at radius 3 is 2.54 bits per heavy atom. The fourth-order valence-corrected chi connectivity index (χ4v) is 3.12. The van der Waals surface area contributed by atoms with Gasteiger partial charge in [0, 0.05) is 25.3 Å². The molecule has 0 atom stereocenters. The second-order valence-electron chi connectivity index (χ2n) is 6.37. The highest BCUT2D eigenvalue weighted by Crippen LogP contribution is 2.24. The summed E-state index contributed by atoms with van der Waals surface area (Å²) in [5.74, 6) is -2.47. The number of hydrogen-bond donors (Lipinski definition) is 1. The van der Waals surface area contributed by atoms with Crippen molar-refractivity contribution in [1.29, 1.82) is 0 Å². The molecule has 1 saturated heterocycles. The molecule has 0 aliphatic carbocycles. The van der Waals surface area contributed by atoms with Gasteiger partial charge in [0.2, 0.25) is 5.91 Å². The van der Waals surface area contributed by atoms with Crippen molar-refractivity contribution in [3.63, 3.8) is 0 Å². The maximum atomic E-state index is 13.3. The predicted octanol–water partition coefficient (Wildman–Crippen LogP) is 2.01. The zero-order chi connectivity index (χ0) is 20.1. The number of benzene rings is 2. The normalized spacial score (nSPS) is 14.4. The van der Waals surface area contributed by atoms with Crippen LogP contribution in [0.5, 0.6) is 0 Å². The van der Waals surface area contributed by atoms with Crippen LogP contribution in [-0.2, 0) is 20.8 Å². The molecule has 0 spiro atoms. The number of nitrogens with one attached hydrogen (secondary N) is 1. The van der Waals surface area contributed by atoms with Crippen LogP contribution in [0.1, 0.15) is 5.56 Å². The standard InChI is InChI=1S/C20H19ClFN3O3/c21-16-12-15(6-7-17(16)22)25-11-10-24(19(27)20(25)28)13-18(26)23-9-8-14-4-2-1-3-5-14/h1-7,12H,8-11,13H2,(H,23,26).